The van der Waals surface area contributed by atoms with E-state index in [0.29, 0.717) is 5.91 Å². The zero-order valence-electron chi connectivity index (χ0n) is 12.1. The van der Waals surface area contributed by atoms with Crippen molar-refractivity contribution >= 4 is 17.7 Å². The molecule has 0 aliphatic carbocycles. The van der Waals surface area contributed by atoms with Gasteiger partial charge in [-0.25, -0.2) is 0 Å². The molecule has 2 unspecified atom stereocenters. The molecule has 0 saturated carbocycles. The van der Waals surface area contributed by atoms with Crippen molar-refractivity contribution in [3.63, 3.8) is 0 Å². The number of nitrogens with one attached hydrogen (secondary N) is 1. The van der Waals surface area contributed by atoms with Gasteiger partial charge in [-0.3, -0.25) is 10.1 Å². The smallest absolute Gasteiger partial charge is 0.241 e. The Morgan fingerprint density at radius 3 is 2.50 bits per heavy atom. The molecule has 2 atom stereocenters. The monoisotopic (exact) mass is 272 g/mol. The van der Waals surface area contributed by atoms with E-state index in [9.17, 15) is 4.79 Å². The topological polar surface area (TPSA) is 32.3 Å². The first-order chi connectivity index (χ1) is 8.74. The van der Waals surface area contributed by atoms with Gasteiger partial charge in [-0.15, -0.1) is 0 Å². The van der Waals surface area contributed by atoms with E-state index in [2.05, 4.69) is 30.3 Å². The maximum atomic E-state index is 12.1. The molecule has 0 aromatic carbocycles. The number of amides is 1. The van der Waals surface area contributed by atoms with Crippen LogP contribution >= 0.6 is 11.8 Å². The van der Waals surface area contributed by atoms with E-state index in [-0.39, 0.29) is 12.2 Å². The van der Waals surface area contributed by atoms with E-state index in [1.807, 2.05) is 11.8 Å². The van der Waals surface area contributed by atoms with Gasteiger partial charge in [0.25, 0.3) is 0 Å². The molecular weight excluding hydrogens is 244 g/mol. The van der Waals surface area contributed by atoms with Crippen LogP contribution in [0.5, 0.6) is 0 Å². The van der Waals surface area contributed by atoms with Crippen molar-refractivity contribution in [1.29, 1.82) is 0 Å². The van der Waals surface area contributed by atoms with Gasteiger partial charge in [-0.05, 0) is 37.7 Å². The lowest BCUT2D eigenvalue weighted by Gasteiger charge is -2.23. The normalized spacial score (nSPS) is 23.9. The lowest BCUT2D eigenvalue weighted by atomic mass is 10.2. The summed E-state index contributed by atoms with van der Waals surface area (Å²) in [6.45, 7) is 5.16. The van der Waals surface area contributed by atoms with Crippen LogP contribution in [0.3, 0.4) is 0 Å². The molecule has 106 valence electrons. The number of carbonyl (C=O) groups is 1. The molecule has 0 aromatic heterocycles. The van der Waals surface area contributed by atoms with E-state index < -0.39 is 0 Å². The van der Waals surface area contributed by atoms with Gasteiger partial charge in [0, 0.05) is 6.54 Å². The zero-order valence-corrected chi connectivity index (χ0v) is 12.9. The predicted molar refractivity (Wildman–Crippen MR) is 79.9 cm³/mol. The molecule has 1 amide bonds. The number of thioether (sulfide) groups is 1. The van der Waals surface area contributed by atoms with Crippen LogP contribution in [0.15, 0.2) is 0 Å². The number of carbonyl (C=O) groups excluding carboxylic acids is 1. The fourth-order valence-corrected chi connectivity index (χ4v) is 3.02. The lowest BCUT2D eigenvalue weighted by molar-refractivity contribution is -0.130. The number of rotatable bonds is 9. The number of unbranched alkanes of at least 4 members (excludes halogenated alkanes) is 3. The minimum absolute atomic E-state index is 0.0615. The van der Waals surface area contributed by atoms with Crippen molar-refractivity contribution in [3.8, 4) is 0 Å². The second-order valence-electron chi connectivity index (χ2n) is 4.99. The maximum absolute atomic E-state index is 12.1. The molecule has 0 radical (unpaired) electrons. The van der Waals surface area contributed by atoms with E-state index in [1.165, 1.54) is 25.0 Å². The Labute approximate surface area is 116 Å². The van der Waals surface area contributed by atoms with Gasteiger partial charge >= 0.3 is 0 Å². The standard InChI is InChI=1S/C14H28N2OS/c1-4-12-14(17)16(13(5-2)15-12)10-8-6-7-9-11-18-3/h12-13,15H,4-11H2,1-3H3. The molecule has 3 nitrogen and oxygen atoms in total. The van der Waals surface area contributed by atoms with E-state index >= 15 is 0 Å². The Bertz CT molecular complexity index is 248. The van der Waals surface area contributed by atoms with Gasteiger partial charge in [0.2, 0.25) is 5.91 Å². The Morgan fingerprint density at radius 1 is 1.17 bits per heavy atom. The highest BCUT2D eigenvalue weighted by atomic mass is 32.2. The second-order valence-corrected chi connectivity index (χ2v) is 5.98. The maximum Gasteiger partial charge on any atom is 0.241 e. The third-order valence-corrected chi connectivity index (χ3v) is 4.34. The first-order valence-corrected chi connectivity index (χ1v) is 8.69. The van der Waals surface area contributed by atoms with E-state index in [0.717, 1.165) is 25.8 Å². The summed E-state index contributed by atoms with van der Waals surface area (Å²) in [6, 6.07) is 0.0615. The predicted octanol–water partition coefficient (Wildman–Crippen LogP) is 2.86. The molecule has 18 heavy (non-hydrogen) atoms. The molecule has 1 fully saturated rings. The van der Waals surface area contributed by atoms with E-state index in [1.54, 1.807) is 0 Å². The molecule has 1 aliphatic rings. The molecule has 1 saturated heterocycles. The van der Waals surface area contributed by atoms with Crippen LogP contribution in [0.2, 0.25) is 0 Å². The highest BCUT2D eigenvalue weighted by Crippen LogP contribution is 2.17. The highest BCUT2D eigenvalue weighted by molar-refractivity contribution is 7.98. The summed E-state index contributed by atoms with van der Waals surface area (Å²) in [6.07, 6.45) is 9.34. The molecular formula is C14H28N2OS. The van der Waals surface area contributed by atoms with Crippen molar-refractivity contribution in [3.05, 3.63) is 0 Å². The van der Waals surface area contributed by atoms with Crippen LogP contribution in [0.4, 0.5) is 0 Å². The molecule has 0 aromatic rings. The molecule has 1 N–H and O–H groups in total. The van der Waals surface area contributed by atoms with Crippen LogP contribution in [0.25, 0.3) is 0 Å². The average Bonchev–Trinajstić information content (AvgIpc) is 2.70. The van der Waals surface area contributed by atoms with Gasteiger partial charge < -0.3 is 4.90 Å². The molecule has 1 heterocycles. The first kappa shape index (κ1) is 15.8. The summed E-state index contributed by atoms with van der Waals surface area (Å²) < 4.78 is 0. The van der Waals surface area contributed by atoms with Crippen LogP contribution in [-0.4, -0.2) is 41.6 Å². The highest BCUT2D eigenvalue weighted by Gasteiger charge is 2.35. The van der Waals surface area contributed by atoms with Crippen molar-refractivity contribution in [2.45, 2.75) is 64.6 Å². The number of hydrogen-bond donors (Lipinski definition) is 1. The van der Waals surface area contributed by atoms with Crippen LogP contribution in [0.1, 0.15) is 52.4 Å². The lowest BCUT2D eigenvalue weighted by Crippen LogP contribution is -2.37. The summed E-state index contributed by atoms with van der Waals surface area (Å²) in [7, 11) is 0. The van der Waals surface area contributed by atoms with E-state index in [4.69, 9.17) is 0 Å². The third-order valence-electron chi connectivity index (χ3n) is 3.64. The minimum Gasteiger partial charge on any atom is -0.326 e. The summed E-state index contributed by atoms with van der Waals surface area (Å²) in [4.78, 5) is 14.2. The van der Waals surface area contributed by atoms with Crippen LogP contribution in [0, 0.1) is 0 Å². The quantitative estimate of drug-likeness (QED) is 0.655. The number of hydrogen-bond acceptors (Lipinski definition) is 3. The summed E-state index contributed by atoms with van der Waals surface area (Å²) in [5.74, 6) is 1.58. The largest absolute Gasteiger partial charge is 0.326 e. The van der Waals surface area contributed by atoms with Gasteiger partial charge in [0.15, 0.2) is 0 Å². The first-order valence-electron chi connectivity index (χ1n) is 7.30. The average molecular weight is 272 g/mol. The SMILES string of the molecule is CCC1NC(CC)N(CCCCCCSC)C1=O. The molecule has 4 heteroatoms. The Morgan fingerprint density at radius 2 is 1.89 bits per heavy atom. The molecule has 0 bridgehead atoms. The molecule has 1 rings (SSSR count). The van der Waals surface area contributed by atoms with Gasteiger partial charge in [0.05, 0.1) is 12.2 Å². The molecule has 0 spiro atoms. The molecule has 1 aliphatic heterocycles. The zero-order chi connectivity index (χ0) is 13.4. The number of nitrogens with zero attached hydrogens (tertiary/aromatic N) is 1. The van der Waals surface area contributed by atoms with Crippen molar-refractivity contribution in [2.75, 3.05) is 18.6 Å². The van der Waals surface area contributed by atoms with Gasteiger partial charge in [0.1, 0.15) is 0 Å². The van der Waals surface area contributed by atoms with Crippen LogP contribution < -0.4 is 5.32 Å². The van der Waals surface area contributed by atoms with Gasteiger partial charge in [-0.2, -0.15) is 11.8 Å². The summed E-state index contributed by atoms with van der Waals surface area (Å²) in [5.41, 5.74) is 0. The fraction of sp³-hybridized carbons (Fsp3) is 0.929. The van der Waals surface area contributed by atoms with Crippen molar-refractivity contribution in [2.24, 2.45) is 0 Å². The Balaban J connectivity index is 2.24. The summed E-state index contributed by atoms with van der Waals surface area (Å²) in [5, 5.41) is 3.42. The third kappa shape index (κ3) is 4.47. The fourth-order valence-electron chi connectivity index (χ4n) is 2.53. The van der Waals surface area contributed by atoms with Crippen LogP contribution in [-0.2, 0) is 4.79 Å². The van der Waals surface area contributed by atoms with Gasteiger partial charge in [-0.1, -0.05) is 26.7 Å². The van der Waals surface area contributed by atoms with Crippen molar-refractivity contribution in [1.82, 2.24) is 10.2 Å². The Hall–Kier alpha value is -0.220. The minimum atomic E-state index is 0.0615. The Kier molecular flexibility index (Phi) is 7.75. The summed E-state index contributed by atoms with van der Waals surface area (Å²) >= 11 is 1.92. The van der Waals surface area contributed by atoms with Crippen molar-refractivity contribution < 1.29 is 4.79 Å². The second kappa shape index (κ2) is 8.81.